The Balaban J connectivity index is 1.98. The summed E-state index contributed by atoms with van der Waals surface area (Å²) in [5.41, 5.74) is 1.20. The van der Waals surface area contributed by atoms with Gasteiger partial charge in [-0.2, -0.15) is 0 Å². The minimum atomic E-state index is 0.545. The number of rotatable bonds is 11. The Hall–Kier alpha value is -0.620. The van der Waals surface area contributed by atoms with Crippen molar-refractivity contribution in [1.29, 1.82) is 0 Å². The Labute approximate surface area is 123 Å². The first-order valence-corrected chi connectivity index (χ1v) is 7.41. The van der Waals surface area contributed by atoms with E-state index >= 15 is 0 Å². The van der Waals surface area contributed by atoms with Crippen LogP contribution in [0.25, 0.3) is 0 Å². The van der Waals surface area contributed by atoms with Crippen LogP contribution in [0.2, 0.25) is 0 Å². The maximum atomic E-state index is 5.59. The predicted molar refractivity (Wildman–Crippen MR) is 78.1 cm³/mol. The average molecular weight is 333 g/mol. The highest BCUT2D eigenvalue weighted by Gasteiger charge is 1.96. The van der Waals surface area contributed by atoms with E-state index in [1.807, 2.05) is 18.2 Å². The quantitative estimate of drug-likeness (QED) is 0.461. The number of hydrogen-bond acceptors (Lipinski definition) is 4. The highest BCUT2D eigenvalue weighted by atomic mass is 79.9. The van der Waals surface area contributed by atoms with Gasteiger partial charge in [0, 0.05) is 12.4 Å². The van der Waals surface area contributed by atoms with E-state index in [4.69, 9.17) is 18.9 Å². The topological polar surface area (TPSA) is 36.9 Å². The summed E-state index contributed by atoms with van der Waals surface area (Å²) in [5.74, 6) is 0.872. The molecule has 0 spiro atoms. The maximum absolute atomic E-state index is 5.59. The number of benzene rings is 1. The minimum absolute atomic E-state index is 0.545. The lowest BCUT2D eigenvalue weighted by Crippen LogP contribution is -2.12. The first-order valence-electron chi connectivity index (χ1n) is 6.29. The zero-order chi connectivity index (χ0) is 13.8. The number of halogens is 1. The fourth-order valence-electron chi connectivity index (χ4n) is 1.40. The van der Waals surface area contributed by atoms with E-state index in [1.165, 1.54) is 5.56 Å². The third-order valence-corrected chi connectivity index (χ3v) is 3.00. The Bertz CT molecular complexity index is 333. The van der Waals surface area contributed by atoms with Crippen molar-refractivity contribution in [1.82, 2.24) is 0 Å². The van der Waals surface area contributed by atoms with Gasteiger partial charge in [0.2, 0.25) is 0 Å². The molecule has 4 nitrogen and oxygen atoms in total. The lowest BCUT2D eigenvalue weighted by molar-refractivity contribution is 0.0179. The summed E-state index contributed by atoms with van der Waals surface area (Å²) in [6, 6.07) is 7.99. The molecule has 5 heteroatoms. The number of hydrogen-bond donors (Lipinski definition) is 0. The van der Waals surface area contributed by atoms with E-state index < -0.39 is 0 Å². The van der Waals surface area contributed by atoms with Crippen LogP contribution in [0, 0.1) is 0 Å². The first-order chi connectivity index (χ1) is 9.36. The molecular weight excluding hydrogens is 312 g/mol. The van der Waals surface area contributed by atoms with Crippen LogP contribution < -0.4 is 4.74 Å². The standard InChI is InChI=1S/C14H21BrO4/c1-16-5-6-17-7-8-18-9-10-19-14-4-2-3-13(11-14)12-15/h2-4,11H,5-10,12H2,1H3. The van der Waals surface area contributed by atoms with Crippen molar-refractivity contribution < 1.29 is 18.9 Å². The second-order valence-corrected chi connectivity index (χ2v) is 4.41. The molecule has 1 aromatic carbocycles. The Morgan fingerprint density at radius 1 is 0.947 bits per heavy atom. The van der Waals surface area contributed by atoms with Crippen molar-refractivity contribution in [2.24, 2.45) is 0 Å². The zero-order valence-electron chi connectivity index (χ0n) is 11.3. The van der Waals surface area contributed by atoms with Crippen LogP contribution >= 0.6 is 15.9 Å². The van der Waals surface area contributed by atoms with Gasteiger partial charge in [-0.05, 0) is 17.7 Å². The third-order valence-electron chi connectivity index (χ3n) is 2.35. The van der Waals surface area contributed by atoms with E-state index in [9.17, 15) is 0 Å². The van der Waals surface area contributed by atoms with Gasteiger partial charge in [0.05, 0.1) is 33.0 Å². The summed E-state index contributed by atoms with van der Waals surface area (Å²) in [5, 5.41) is 0.833. The smallest absolute Gasteiger partial charge is 0.119 e. The van der Waals surface area contributed by atoms with Gasteiger partial charge in [-0.25, -0.2) is 0 Å². The molecule has 1 rings (SSSR count). The Morgan fingerprint density at radius 3 is 2.32 bits per heavy atom. The largest absolute Gasteiger partial charge is 0.491 e. The van der Waals surface area contributed by atoms with Crippen LogP contribution in [0.1, 0.15) is 5.56 Å². The van der Waals surface area contributed by atoms with Crippen LogP contribution in [-0.2, 0) is 19.5 Å². The van der Waals surface area contributed by atoms with E-state index in [0.717, 1.165) is 11.1 Å². The molecule has 0 saturated carbocycles. The predicted octanol–water partition coefficient (Wildman–Crippen LogP) is 2.64. The van der Waals surface area contributed by atoms with Crippen LogP contribution in [0.3, 0.4) is 0 Å². The highest BCUT2D eigenvalue weighted by molar-refractivity contribution is 9.08. The van der Waals surface area contributed by atoms with Crippen molar-refractivity contribution in [2.75, 3.05) is 46.8 Å². The van der Waals surface area contributed by atoms with E-state index in [0.29, 0.717) is 39.6 Å². The van der Waals surface area contributed by atoms with Crippen LogP contribution in [-0.4, -0.2) is 46.8 Å². The molecule has 19 heavy (non-hydrogen) atoms. The Morgan fingerprint density at radius 2 is 1.63 bits per heavy atom. The molecule has 0 radical (unpaired) electrons. The van der Waals surface area contributed by atoms with E-state index in [2.05, 4.69) is 22.0 Å². The molecule has 0 N–H and O–H groups in total. The molecule has 108 valence electrons. The lowest BCUT2D eigenvalue weighted by Gasteiger charge is -2.08. The van der Waals surface area contributed by atoms with Crippen molar-refractivity contribution in [3.8, 4) is 5.75 Å². The van der Waals surface area contributed by atoms with Gasteiger partial charge >= 0.3 is 0 Å². The summed E-state index contributed by atoms with van der Waals surface area (Å²) in [6.07, 6.45) is 0. The van der Waals surface area contributed by atoms with Gasteiger partial charge in [0.25, 0.3) is 0 Å². The summed E-state index contributed by atoms with van der Waals surface area (Å²) < 4.78 is 21.1. The molecule has 0 aliphatic heterocycles. The highest BCUT2D eigenvalue weighted by Crippen LogP contribution is 2.15. The third kappa shape index (κ3) is 8.21. The van der Waals surface area contributed by atoms with Gasteiger partial charge in [-0.3, -0.25) is 0 Å². The SMILES string of the molecule is COCCOCCOCCOc1cccc(CBr)c1. The first kappa shape index (κ1) is 16.4. The molecule has 0 saturated heterocycles. The molecule has 0 atom stereocenters. The molecule has 0 amide bonds. The Kier molecular flexibility index (Phi) is 9.71. The van der Waals surface area contributed by atoms with Crippen molar-refractivity contribution >= 4 is 15.9 Å². The molecule has 0 fully saturated rings. The maximum Gasteiger partial charge on any atom is 0.119 e. The monoisotopic (exact) mass is 332 g/mol. The second-order valence-electron chi connectivity index (χ2n) is 3.85. The van der Waals surface area contributed by atoms with Gasteiger partial charge in [0.15, 0.2) is 0 Å². The molecule has 0 heterocycles. The molecule has 0 aliphatic carbocycles. The molecule has 0 aliphatic rings. The van der Waals surface area contributed by atoms with Crippen molar-refractivity contribution in [2.45, 2.75) is 5.33 Å². The molecular formula is C14H21BrO4. The van der Waals surface area contributed by atoms with E-state index in [1.54, 1.807) is 7.11 Å². The molecule has 0 aromatic heterocycles. The van der Waals surface area contributed by atoms with Crippen LogP contribution in [0.15, 0.2) is 24.3 Å². The number of ether oxygens (including phenoxy) is 4. The average Bonchev–Trinajstić information content (AvgIpc) is 2.46. The fourth-order valence-corrected chi connectivity index (χ4v) is 1.75. The summed E-state index contributed by atoms with van der Waals surface area (Å²) in [7, 11) is 1.65. The lowest BCUT2D eigenvalue weighted by atomic mass is 10.2. The van der Waals surface area contributed by atoms with Crippen molar-refractivity contribution in [3.05, 3.63) is 29.8 Å². The van der Waals surface area contributed by atoms with Gasteiger partial charge < -0.3 is 18.9 Å². The van der Waals surface area contributed by atoms with Gasteiger partial charge in [-0.1, -0.05) is 28.1 Å². The van der Waals surface area contributed by atoms with Crippen LogP contribution in [0.5, 0.6) is 5.75 Å². The van der Waals surface area contributed by atoms with E-state index in [-0.39, 0.29) is 0 Å². The summed E-state index contributed by atoms with van der Waals surface area (Å²) in [6.45, 7) is 3.50. The summed E-state index contributed by atoms with van der Waals surface area (Å²) in [4.78, 5) is 0. The zero-order valence-corrected chi connectivity index (χ0v) is 12.9. The van der Waals surface area contributed by atoms with Gasteiger partial charge in [-0.15, -0.1) is 0 Å². The number of methoxy groups -OCH3 is 1. The summed E-state index contributed by atoms with van der Waals surface area (Å²) >= 11 is 3.42. The van der Waals surface area contributed by atoms with Crippen LogP contribution in [0.4, 0.5) is 0 Å². The fraction of sp³-hybridized carbons (Fsp3) is 0.571. The number of alkyl halides is 1. The van der Waals surface area contributed by atoms with Crippen molar-refractivity contribution in [3.63, 3.8) is 0 Å². The van der Waals surface area contributed by atoms with Gasteiger partial charge in [0.1, 0.15) is 12.4 Å². The molecule has 0 unspecified atom stereocenters. The second kappa shape index (κ2) is 11.2. The molecule has 1 aromatic rings. The molecule has 0 bridgehead atoms. The normalized spacial score (nSPS) is 10.6. The minimum Gasteiger partial charge on any atom is -0.491 e.